The molecule has 1 aromatic carbocycles. The summed E-state index contributed by atoms with van der Waals surface area (Å²) in [6, 6.07) is 3.09. The van der Waals surface area contributed by atoms with E-state index in [-0.39, 0.29) is 0 Å². The molecule has 10 heteroatoms. The lowest BCUT2D eigenvalue weighted by Crippen LogP contribution is -2.06. The second-order valence-electron chi connectivity index (χ2n) is 2.40. The summed E-state index contributed by atoms with van der Waals surface area (Å²) in [5.41, 5.74) is 2.94. The number of hydrazine groups is 1. The first-order valence-corrected chi connectivity index (χ1v) is 6.24. The molecule has 1 rings (SSSR count). The van der Waals surface area contributed by atoms with E-state index in [1.54, 1.807) is 6.07 Å². The summed E-state index contributed by atoms with van der Waals surface area (Å²) in [6.07, 6.45) is 0. The maximum Gasteiger partial charge on any atom is 0.466 e. The van der Waals surface area contributed by atoms with Crippen molar-refractivity contribution >= 4 is 48.3 Å². The zero-order chi connectivity index (χ0) is 12.9. The Labute approximate surface area is 106 Å². The Balaban J connectivity index is 0.000000385. The molecule has 0 spiro atoms. The molecule has 0 radical (unpaired) electrons. The quantitative estimate of drug-likeness (QED) is 0.234. The highest BCUT2D eigenvalue weighted by atomic mass is 35.5. The number of hydrogen-bond acceptors (Lipinski definition) is 3. The second kappa shape index (κ2) is 6.64. The Kier molecular flexibility index (Phi) is 6.62. The van der Waals surface area contributed by atoms with Crippen molar-refractivity contribution in [3.05, 3.63) is 27.2 Å². The highest BCUT2D eigenvalue weighted by Crippen LogP contribution is 2.31. The zero-order valence-electron chi connectivity index (χ0n) is 7.56. The van der Waals surface area contributed by atoms with Gasteiger partial charge in [0.2, 0.25) is 0 Å². The molecule has 0 aliphatic carbocycles. The van der Waals surface area contributed by atoms with Gasteiger partial charge in [-0.3, -0.25) is 5.84 Å². The van der Waals surface area contributed by atoms with Crippen LogP contribution in [0, 0.1) is 0 Å². The van der Waals surface area contributed by atoms with Crippen LogP contribution in [0.2, 0.25) is 15.1 Å². The SMILES string of the molecule is NNc1cc(Cl)c(Cl)cc1Cl.O=P(O)(O)O. The zero-order valence-corrected chi connectivity index (χ0v) is 10.7. The summed E-state index contributed by atoms with van der Waals surface area (Å²) in [5.74, 6) is 5.13. The first kappa shape index (κ1) is 16.0. The standard InChI is InChI=1S/C6H5Cl3N2.H3O4P/c7-3-1-5(9)6(11-10)2-4(3)8;1-5(2,3)4/h1-2,11H,10H2;(H3,1,2,3,4). The number of anilines is 1. The first-order valence-electron chi connectivity index (χ1n) is 3.54. The lowest BCUT2D eigenvalue weighted by molar-refractivity contribution is 0.275. The summed E-state index contributed by atoms with van der Waals surface area (Å²) in [7, 11) is -4.64. The summed E-state index contributed by atoms with van der Waals surface area (Å²) < 4.78 is 8.88. The number of nitrogens with one attached hydrogen (secondary N) is 1. The van der Waals surface area contributed by atoms with Crippen molar-refractivity contribution < 1.29 is 19.2 Å². The summed E-state index contributed by atoms with van der Waals surface area (Å²) in [4.78, 5) is 21.6. The average molecular weight is 309 g/mol. The van der Waals surface area contributed by atoms with Gasteiger partial charge in [0.1, 0.15) is 0 Å². The molecule has 1 aromatic rings. The van der Waals surface area contributed by atoms with E-state index in [1.807, 2.05) is 0 Å². The molecule has 92 valence electrons. The van der Waals surface area contributed by atoms with Crippen LogP contribution in [0.25, 0.3) is 0 Å². The van der Waals surface area contributed by atoms with Gasteiger partial charge in [0, 0.05) is 0 Å². The van der Waals surface area contributed by atoms with Gasteiger partial charge >= 0.3 is 7.82 Å². The topological polar surface area (TPSA) is 116 Å². The fourth-order valence-corrected chi connectivity index (χ4v) is 1.23. The van der Waals surface area contributed by atoms with E-state index in [4.69, 9.17) is 59.9 Å². The van der Waals surface area contributed by atoms with Crippen LogP contribution in [0.3, 0.4) is 0 Å². The van der Waals surface area contributed by atoms with Crippen LogP contribution in [-0.2, 0) is 4.57 Å². The third-order valence-electron chi connectivity index (χ3n) is 1.17. The van der Waals surface area contributed by atoms with E-state index in [0.29, 0.717) is 20.8 Å². The highest BCUT2D eigenvalue weighted by Gasteiger charge is 2.03. The van der Waals surface area contributed by atoms with E-state index >= 15 is 0 Å². The van der Waals surface area contributed by atoms with Crippen molar-refractivity contribution in [3.63, 3.8) is 0 Å². The van der Waals surface area contributed by atoms with Crippen LogP contribution in [0.15, 0.2) is 12.1 Å². The van der Waals surface area contributed by atoms with Gasteiger partial charge in [0.05, 0.1) is 20.8 Å². The normalized spacial score (nSPS) is 10.4. The molecule has 0 atom stereocenters. The predicted molar refractivity (Wildman–Crippen MR) is 63.5 cm³/mol. The fraction of sp³-hybridized carbons (Fsp3) is 0. The van der Waals surface area contributed by atoms with Gasteiger partial charge in [-0.15, -0.1) is 0 Å². The van der Waals surface area contributed by atoms with Crippen LogP contribution >= 0.6 is 42.6 Å². The maximum atomic E-state index is 8.88. The molecule has 0 aromatic heterocycles. The molecule has 0 heterocycles. The van der Waals surface area contributed by atoms with Crippen molar-refractivity contribution in [3.8, 4) is 0 Å². The average Bonchev–Trinajstić information content (AvgIpc) is 2.08. The summed E-state index contributed by atoms with van der Waals surface area (Å²) in [5, 5.41) is 1.28. The Morgan fingerprint density at radius 2 is 1.44 bits per heavy atom. The van der Waals surface area contributed by atoms with Gasteiger partial charge in [-0.25, -0.2) is 4.57 Å². The Bertz CT molecular complexity index is 403. The van der Waals surface area contributed by atoms with Crippen molar-refractivity contribution in [1.82, 2.24) is 0 Å². The summed E-state index contributed by atoms with van der Waals surface area (Å²) >= 11 is 17.1. The van der Waals surface area contributed by atoms with Gasteiger partial charge in [-0.1, -0.05) is 34.8 Å². The Hall–Kier alpha value is -0.0400. The highest BCUT2D eigenvalue weighted by molar-refractivity contribution is 7.45. The van der Waals surface area contributed by atoms with Crippen LogP contribution in [0.1, 0.15) is 0 Å². The number of nitrogens with two attached hydrogens (primary N) is 1. The lowest BCUT2D eigenvalue weighted by atomic mass is 10.3. The minimum atomic E-state index is -4.64. The summed E-state index contributed by atoms with van der Waals surface area (Å²) in [6.45, 7) is 0. The molecule has 6 nitrogen and oxygen atoms in total. The molecule has 0 bridgehead atoms. The van der Waals surface area contributed by atoms with Gasteiger partial charge in [0.15, 0.2) is 0 Å². The van der Waals surface area contributed by atoms with Crippen LogP contribution in [0.4, 0.5) is 5.69 Å². The number of nitrogen functional groups attached to an aromatic ring is 1. The van der Waals surface area contributed by atoms with Crippen LogP contribution in [-0.4, -0.2) is 14.7 Å². The minimum Gasteiger partial charge on any atom is -0.323 e. The molecule has 16 heavy (non-hydrogen) atoms. The van der Waals surface area contributed by atoms with E-state index in [9.17, 15) is 0 Å². The van der Waals surface area contributed by atoms with E-state index in [2.05, 4.69) is 5.43 Å². The Morgan fingerprint density at radius 3 is 1.81 bits per heavy atom. The Morgan fingerprint density at radius 1 is 1.06 bits per heavy atom. The first-order chi connectivity index (χ1) is 7.15. The molecular weight excluding hydrogens is 301 g/mol. The van der Waals surface area contributed by atoms with Crippen molar-refractivity contribution in [1.29, 1.82) is 0 Å². The third-order valence-corrected chi connectivity index (χ3v) is 2.20. The van der Waals surface area contributed by atoms with Gasteiger partial charge in [-0.2, -0.15) is 0 Å². The number of benzene rings is 1. The smallest absolute Gasteiger partial charge is 0.323 e. The van der Waals surface area contributed by atoms with Crippen LogP contribution in [0.5, 0.6) is 0 Å². The predicted octanol–water partition coefficient (Wildman–Crippen LogP) is 2.00. The number of halogens is 3. The molecule has 0 fully saturated rings. The van der Waals surface area contributed by atoms with Crippen molar-refractivity contribution in [2.75, 3.05) is 5.43 Å². The van der Waals surface area contributed by atoms with Gasteiger partial charge < -0.3 is 20.1 Å². The van der Waals surface area contributed by atoms with E-state index in [0.717, 1.165) is 0 Å². The molecular formula is C6H8Cl3N2O4P. The number of hydrogen-bond donors (Lipinski definition) is 5. The fourth-order valence-electron chi connectivity index (χ4n) is 0.633. The van der Waals surface area contributed by atoms with E-state index < -0.39 is 7.82 Å². The molecule has 0 amide bonds. The molecule has 0 saturated heterocycles. The van der Waals surface area contributed by atoms with Gasteiger partial charge in [0.25, 0.3) is 0 Å². The van der Waals surface area contributed by atoms with Crippen molar-refractivity contribution in [2.45, 2.75) is 0 Å². The molecule has 6 N–H and O–H groups in total. The monoisotopic (exact) mass is 308 g/mol. The molecule has 0 saturated carbocycles. The van der Waals surface area contributed by atoms with E-state index in [1.165, 1.54) is 6.07 Å². The number of rotatable bonds is 1. The number of phosphoric acid groups is 1. The lowest BCUT2D eigenvalue weighted by Gasteiger charge is -2.03. The maximum absolute atomic E-state index is 8.88. The third kappa shape index (κ3) is 7.27. The molecule has 0 aliphatic heterocycles. The van der Waals surface area contributed by atoms with Crippen LogP contribution < -0.4 is 11.3 Å². The van der Waals surface area contributed by atoms with Gasteiger partial charge in [-0.05, 0) is 12.1 Å². The molecule has 0 aliphatic rings. The second-order valence-corrected chi connectivity index (χ2v) is 4.65. The largest absolute Gasteiger partial charge is 0.466 e. The molecule has 0 unspecified atom stereocenters. The van der Waals surface area contributed by atoms with Crippen molar-refractivity contribution in [2.24, 2.45) is 5.84 Å². The minimum absolute atomic E-state index is 0.413.